The second-order valence-corrected chi connectivity index (χ2v) is 8.64. The summed E-state index contributed by atoms with van der Waals surface area (Å²) >= 11 is 3.19. The third-order valence-corrected chi connectivity index (χ3v) is 6.05. The first-order valence-electron chi connectivity index (χ1n) is 8.34. The minimum atomic E-state index is -0.873. The van der Waals surface area contributed by atoms with E-state index >= 15 is 0 Å². The van der Waals surface area contributed by atoms with Gasteiger partial charge in [-0.15, -0.1) is 11.3 Å². The maximum atomic E-state index is 13.7. The number of nitrogens with one attached hydrogen (secondary N) is 1. The SMILES string of the molecule is O=C(Nc1ccc(F)cc1F)c1ccc(CN2C(=O)C(=O)c3cc(I)ccc32)s1. The fourth-order valence-electron chi connectivity index (χ4n) is 2.95. The average molecular weight is 524 g/mol. The van der Waals surface area contributed by atoms with Gasteiger partial charge in [0, 0.05) is 14.5 Å². The highest BCUT2D eigenvalue weighted by atomic mass is 127. The zero-order valence-corrected chi connectivity index (χ0v) is 17.5. The van der Waals surface area contributed by atoms with Crippen molar-refractivity contribution in [2.75, 3.05) is 10.2 Å². The molecule has 1 N–H and O–H groups in total. The Hall–Kier alpha value is -2.66. The zero-order valence-electron chi connectivity index (χ0n) is 14.5. The molecule has 2 aromatic carbocycles. The van der Waals surface area contributed by atoms with Crippen molar-refractivity contribution in [2.45, 2.75) is 6.54 Å². The molecular formula is C20H11F2IN2O3S. The van der Waals surface area contributed by atoms with Crippen molar-refractivity contribution in [3.63, 3.8) is 0 Å². The average Bonchev–Trinajstić information content (AvgIpc) is 3.24. The van der Waals surface area contributed by atoms with E-state index in [1.165, 1.54) is 4.90 Å². The van der Waals surface area contributed by atoms with Gasteiger partial charge in [0.05, 0.1) is 28.4 Å². The number of ketones is 1. The van der Waals surface area contributed by atoms with Crippen LogP contribution in [0.1, 0.15) is 24.9 Å². The number of anilines is 2. The molecule has 5 nitrogen and oxygen atoms in total. The van der Waals surface area contributed by atoms with Gasteiger partial charge in [-0.1, -0.05) is 0 Å². The number of fused-ring (bicyclic) bond motifs is 1. The topological polar surface area (TPSA) is 66.5 Å². The second kappa shape index (κ2) is 7.64. The number of hydrogen-bond donors (Lipinski definition) is 1. The summed E-state index contributed by atoms with van der Waals surface area (Å²) in [4.78, 5) is 39.3. The molecule has 0 saturated heterocycles. The summed E-state index contributed by atoms with van der Waals surface area (Å²) < 4.78 is 27.6. The van der Waals surface area contributed by atoms with E-state index in [4.69, 9.17) is 0 Å². The third kappa shape index (κ3) is 3.79. The lowest BCUT2D eigenvalue weighted by Crippen LogP contribution is -2.28. The first kappa shape index (κ1) is 19.6. The maximum Gasteiger partial charge on any atom is 0.299 e. The summed E-state index contributed by atoms with van der Waals surface area (Å²) in [6.45, 7) is 0.140. The number of thiophene rings is 1. The number of hydrogen-bond acceptors (Lipinski definition) is 4. The number of halogens is 3. The third-order valence-electron chi connectivity index (χ3n) is 4.31. The molecule has 0 radical (unpaired) electrons. The Labute approximate surface area is 181 Å². The van der Waals surface area contributed by atoms with Crippen molar-refractivity contribution in [1.82, 2.24) is 0 Å². The molecule has 2 amide bonds. The minimum Gasteiger partial charge on any atom is -0.319 e. The molecule has 9 heteroatoms. The van der Waals surface area contributed by atoms with Crippen LogP contribution in [0.2, 0.25) is 0 Å². The molecule has 29 heavy (non-hydrogen) atoms. The largest absolute Gasteiger partial charge is 0.319 e. The van der Waals surface area contributed by atoms with Crippen LogP contribution in [0.3, 0.4) is 0 Å². The molecule has 0 spiro atoms. The van der Waals surface area contributed by atoms with Gasteiger partial charge in [0.1, 0.15) is 11.6 Å². The Kier molecular flexibility index (Phi) is 5.17. The second-order valence-electron chi connectivity index (χ2n) is 6.23. The Morgan fingerprint density at radius 3 is 2.62 bits per heavy atom. The van der Waals surface area contributed by atoms with Crippen LogP contribution in [-0.4, -0.2) is 17.6 Å². The Morgan fingerprint density at radius 2 is 1.86 bits per heavy atom. The molecule has 0 atom stereocenters. The molecule has 1 aliphatic rings. The zero-order chi connectivity index (χ0) is 20.7. The quantitative estimate of drug-likeness (QED) is 0.401. The molecular weight excluding hydrogens is 513 g/mol. The number of carbonyl (C=O) groups is 3. The van der Waals surface area contributed by atoms with Gasteiger partial charge in [-0.05, 0) is 65.1 Å². The predicted molar refractivity (Wildman–Crippen MR) is 113 cm³/mol. The van der Waals surface area contributed by atoms with Crippen LogP contribution in [0.5, 0.6) is 0 Å². The first-order valence-corrected chi connectivity index (χ1v) is 10.2. The Bertz CT molecular complexity index is 1180. The fraction of sp³-hybridized carbons (Fsp3) is 0.0500. The fourth-order valence-corrected chi connectivity index (χ4v) is 4.33. The van der Waals surface area contributed by atoms with Crippen molar-refractivity contribution in [2.24, 2.45) is 0 Å². The summed E-state index contributed by atoms with van der Waals surface area (Å²) in [5.41, 5.74) is 0.770. The van der Waals surface area contributed by atoms with Crippen molar-refractivity contribution in [1.29, 1.82) is 0 Å². The van der Waals surface area contributed by atoms with Gasteiger partial charge in [0.25, 0.3) is 17.6 Å². The number of rotatable bonds is 4. The summed E-state index contributed by atoms with van der Waals surface area (Å²) in [6.07, 6.45) is 0. The van der Waals surface area contributed by atoms with Crippen LogP contribution in [0.15, 0.2) is 48.5 Å². The lowest BCUT2D eigenvalue weighted by Gasteiger charge is -2.15. The number of carbonyl (C=O) groups excluding carboxylic acids is 3. The summed E-state index contributed by atoms with van der Waals surface area (Å²) in [5.74, 6) is -3.33. The van der Waals surface area contributed by atoms with E-state index in [0.717, 1.165) is 27.0 Å². The minimum absolute atomic E-state index is 0.129. The van der Waals surface area contributed by atoms with Crippen molar-refractivity contribution >= 4 is 62.9 Å². The normalized spacial score (nSPS) is 13.0. The lowest BCUT2D eigenvalue weighted by atomic mass is 10.1. The van der Waals surface area contributed by atoms with Gasteiger partial charge in [-0.25, -0.2) is 8.78 Å². The van der Waals surface area contributed by atoms with Crippen LogP contribution in [0.25, 0.3) is 0 Å². The van der Waals surface area contributed by atoms with Gasteiger partial charge < -0.3 is 5.32 Å². The van der Waals surface area contributed by atoms with Crippen molar-refractivity contribution in [3.05, 3.63) is 79.1 Å². The van der Waals surface area contributed by atoms with Gasteiger partial charge in [-0.3, -0.25) is 19.3 Å². The van der Waals surface area contributed by atoms with E-state index in [1.807, 2.05) is 6.07 Å². The number of amides is 2. The van der Waals surface area contributed by atoms with Crippen LogP contribution < -0.4 is 10.2 Å². The van der Waals surface area contributed by atoms with Crippen molar-refractivity contribution in [3.8, 4) is 0 Å². The van der Waals surface area contributed by atoms with Crippen LogP contribution in [-0.2, 0) is 11.3 Å². The smallest absolute Gasteiger partial charge is 0.299 e. The van der Waals surface area contributed by atoms with E-state index in [-0.39, 0.29) is 12.2 Å². The molecule has 4 rings (SSSR count). The van der Waals surface area contributed by atoms with Crippen LogP contribution in [0, 0.1) is 15.2 Å². The van der Waals surface area contributed by atoms with Gasteiger partial charge in [0.15, 0.2) is 0 Å². The number of benzene rings is 2. The molecule has 0 saturated carbocycles. The Balaban J connectivity index is 1.52. The van der Waals surface area contributed by atoms with Crippen LogP contribution >= 0.6 is 33.9 Å². The van der Waals surface area contributed by atoms with Gasteiger partial charge in [0.2, 0.25) is 0 Å². The van der Waals surface area contributed by atoms with E-state index < -0.39 is 29.2 Å². The Morgan fingerprint density at radius 1 is 1.07 bits per heavy atom. The van der Waals surface area contributed by atoms with Gasteiger partial charge in [-0.2, -0.15) is 0 Å². The first-order chi connectivity index (χ1) is 13.8. The highest BCUT2D eigenvalue weighted by Crippen LogP contribution is 2.32. The van der Waals surface area contributed by atoms with Crippen molar-refractivity contribution < 1.29 is 23.2 Å². The predicted octanol–water partition coefficient (Wildman–Crippen LogP) is 4.61. The molecule has 2 heterocycles. The molecule has 0 fully saturated rings. The van der Waals surface area contributed by atoms with E-state index in [0.29, 0.717) is 27.1 Å². The summed E-state index contributed by atoms with van der Waals surface area (Å²) in [5, 5.41) is 2.39. The monoisotopic (exact) mass is 524 g/mol. The molecule has 0 bridgehead atoms. The highest BCUT2D eigenvalue weighted by molar-refractivity contribution is 14.1. The molecule has 0 unspecified atom stereocenters. The molecule has 1 aliphatic heterocycles. The lowest BCUT2D eigenvalue weighted by molar-refractivity contribution is -0.114. The van der Waals surface area contributed by atoms with E-state index in [2.05, 4.69) is 27.9 Å². The number of Topliss-reactive ketones (excluding diaryl/α,β-unsaturated/α-hetero) is 1. The molecule has 3 aromatic rings. The molecule has 146 valence electrons. The van der Waals surface area contributed by atoms with E-state index in [9.17, 15) is 23.2 Å². The highest BCUT2D eigenvalue weighted by Gasteiger charge is 2.36. The number of nitrogens with zero attached hydrogens (tertiary/aromatic N) is 1. The van der Waals surface area contributed by atoms with E-state index in [1.54, 1.807) is 24.3 Å². The summed E-state index contributed by atoms with van der Waals surface area (Å²) in [7, 11) is 0. The molecule has 0 aliphatic carbocycles. The van der Waals surface area contributed by atoms with Gasteiger partial charge >= 0.3 is 0 Å². The molecule has 1 aromatic heterocycles. The van der Waals surface area contributed by atoms with Crippen LogP contribution in [0.4, 0.5) is 20.2 Å². The summed E-state index contributed by atoms with van der Waals surface area (Å²) in [6, 6.07) is 11.3. The standard InChI is InChI=1S/C20H11F2IN2O3S/c21-10-1-4-15(14(22)7-10)24-19(27)17-6-3-12(29-17)9-25-16-5-2-11(23)8-13(16)18(26)20(25)28/h1-8H,9H2,(H,24,27). The maximum absolute atomic E-state index is 13.7.